The molecule has 2 heterocycles. The monoisotopic (exact) mass is 382 g/mol. The van der Waals surface area contributed by atoms with Crippen molar-refractivity contribution in [2.75, 3.05) is 7.05 Å². The van der Waals surface area contributed by atoms with E-state index < -0.39 is 0 Å². The second-order valence-electron chi connectivity index (χ2n) is 8.68. The molecule has 0 unspecified atom stereocenters. The lowest BCUT2D eigenvalue weighted by Gasteiger charge is -2.50. The molecule has 0 radical (unpaired) electrons. The third-order valence-corrected chi connectivity index (χ3v) is 7.04. The van der Waals surface area contributed by atoms with Crippen molar-refractivity contribution >= 4 is 28.8 Å². The highest BCUT2D eigenvalue weighted by Crippen LogP contribution is 2.45. The Bertz CT molecular complexity index is 1130. The van der Waals surface area contributed by atoms with Crippen molar-refractivity contribution in [2.24, 2.45) is 0 Å². The smallest absolute Gasteiger partial charge is 0.222 e. The molecule has 29 heavy (non-hydrogen) atoms. The van der Waals surface area contributed by atoms with Crippen LogP contribution in [0.1, 0.15) is 48.4 Å². The molecule has 1 fully saturated rings. The third-order valence-electron chi connectivity index (χ3n) is 7.04. The van der Waals surface area contributed by atoms with E-state index in [0.717, 1.165) is 30.2 Å². The minimum Gasteiger partial charge on any atom is -0.342 e. The number of fused-ring (bicyclic) bond motifs is 4. The van der Waals surface area contributed by atoms with E-state index in [-0.39, 0.29) is 5.41 Å². The molecule has 5 rings (SSSR count). The Balaban J connectivity index is 1.47. The first-order valence-corrected chi connectivity index (χ1v) is 10.5. The van der Waals surface area contributed by atoms with Crippen LogP contribution >= 0.6 is 0 Å². The van der Waals surface area contributed by atoms with Crippen LogP contribution in [0, 0.1) is 0 Å². The third kappa shape index (κ3) is 2.96. The molecular weight excluding hydrogens is 356 g/mol. The molecule has 2 aromatic carbocycles. The van der Waals surface area contributed by atoms with Crippen LogP contribution in [0.4, 0.5) is 0 Å². The van der Waals surface area contributed by atoms with Crippen LogP contribution in [0.15, 0.2) is 54.9 Å². The van der Waals surface area contributed by atoms with Crippen LogP contribution in [0.25, 0.3) is 22.9 Å². The van der Waals surface area contributed by atoms with Gasteiger partial charge in [0.15, 0.2) is 0 Å². The summed E-state index contributed by atoms with van der Waals surface area (Å²) in [6.07, 6.45) is 11.9. The Hall–Kier alpha value is -2.94. The minimum atomic E-state index is 0.0675. The highest BCUT2D eigenvalue weighted by molar-refractivity contribution is 5.92. The van der Waals surface area contributed by atoms with Crippen LogP contribution in [0.2, 0.25) is 0 Å². The molecular formula is C26H26N2O. The van der Waals surface area contributed by atoms with Crippen molar-refractivity contribution in [3.05, 3.63) is 77.1 Å². The number of hydrogen-bond donors (Lipinski definition) is 0. The maximum absolute atomic E-state index is 12.2. The number of amides is 1. The van der Waals surface area contributed by atoms with Crippen molar-refractivity contribution in [2.45, 2.75) is 44.1 Å². The second-order valence-corrected chi connectivity index (χ2v) is 8.68. The van der Waals surface area contributed by atoms with Gasteiger partial charge in [0.05, 0.1) is 0 Å². The van der Waals surface area contributed by atoms with Gasteiger partial charge in [0.1, 0.15) is 0 Å². The number of aromatic nitrogens is 1. The number of nitrogens with zero attached hydrogens (tertiary/aromatic N) is 2. The van der Waals surface area contributed by atoms with E-state index in [1.54, 1.807) is 0 Å². The zero-order valence-electron chi connectivity index (χ0n) is 17.1. The topological polar surface area (TPSA) is 33.2 Å². The molecule has 1 saturated heterocycles. The number of likely N-dealkylation sites (N-methyl/N-ethyl adjacent to an activating group) is 1. The Kier molecular flexibility index (Phi) is 4.27. The summed E-state index contributed by atoms with van der Waals surface area (Å²) in [5.74, 6) is 0.291. The molecule has 0 spiro atoms. The highest BCUT2D eigenvalue weighted by Gasteiger charge is 2.46. The summed E-state index contributed by atoms with van der Waals surface area (Å²) in [5.41, 5.74) is 5.29. The largest absolute Gasteiger partial charge is 0.342 e. The Morgan fingerprint density at radius 2 is 1.97 bits per heavy atom. The van der Waals surface area contributed by atoms with Gasteiger partial charge >= 0.3 is 0 Å². The molecule has 1 aromatic heterocycles. The summed E-state index contributed by atoms with van der Waals surface area (Å²) in [5, 5.41) is 2.39. The number of hydrogen-bond acceptors (Lipinski definition) is 2. The summed E-state index contributed by atoms with van der Waals surface area (Å²) < 4.78 is 0. The number of pyridine rings is 1. The molecule has 1 aliphatic heterocycles. The predicted molar refractivity (Wildman–Crippen MR) is 119 cm³/mol. The molecule has 3 aromatic rings. The van der Waals surface area contributed by atoms with E-state index >= 15 is 0 Å². The Morgan fingerprint density at radius 1 is 1.10 bits per heavy atom. The van der Waals surface area contributed by atoms with Crippen molar-refractivity contribution in [3.63, 3.8) is 0 Å². The van der Waals surface area contributed by atoms with Gasteiger partial charge < -0.3 is 4.90 Å². The fraction of sp³-hybridized carbons (Fsp3) is 0.308. The lowest BCUT2D eigenvalue weighted by atomic mass is 9.63. The zero-order valence-corrected chi connectivity index (χ0v) is 17.1. The Labute approximate surface area is 172 Å². The molecule has 3 heteroatoms. The molecule has 1 aliphatic carbocycles. The number of aryl methyl sites for hydroxylation is 1. The fourth-order valence-corrected chi connectivity index (χ4v) is 5.37. The summed E-state index contributed by atoms with van der Waals surface area (Å²) in [4.78, 5) is 18.6. The minimum absolute atomic E-state index is 0.0675. The number of piperidine rings is 1. The van der Waals surface area contributed by atoms with E-state index in [1.165, 1.54) is 22.1 Å². The van der Waals surface area contributed by atoms with E-state index in [9.17, 15) is 4.79 Å². The van der Waals surface area contributed by atoms with Crippen molar-refractivity contribution in [1.82, 2.24) is 9.88 Å². The summed E-state index contributed by atoms with van der Waals surface area (Å²) in [6.45, 7) is 2.34. The summed E-state index contributed by atoms with van der Waals surface area (Å²) in [7, 11) is 1.98. The van der Waals surface area contributed by atoms with Crippen molar-refractivity contribution in [3.8, 4) is 0 Å². The van der Waals surface area contributed by atoms with E-state index in [4.69, 9.17) is 0 Å². The Morgan fingerprint density at radius 3 is 2.86 bits per heavy atom. The highest BCUT2D eigenvalue weighted by atomic mass is 16.2. The number of benzene rings is 2. The first kappa shape index (κ1) is 18.1. The van der Waals surface area contributed by atoms with E-state index in [0.29, 0.717) is 18.4 Å². The standard InChI is InChI=1S/C26H26N2O/c1-26-14-13-25(29)28(2)24(26)12-10-19-15-18(8-11-23(19)26)7-9-21-17-27-16-20-5-3-4-6-22(20)21/h3-9,11,15-17,24H,10,12-14H2,1-2H3/b9-7+/t24-,26-/m1/s1. The van der Waals surface area contributed by atoms with E-state index in [1.807, 2.05) is 30.4 Å². The van der Waals surface area contributed by atoms with Gasteiger partial charge in [-0.25, -0.2) is 0 Å². The number of rotatable bonds is 2. The maximum Gasteiger partial charge on any atom is 0.222 e. The van der Waals surface area contributed by atoms with Crippen LogP contribution in [0.3, 0.4) is 0 Å². The fourth-order valence-electron chi connectivity index (χ4n) is 5.37. The zero-order chi connectivity index (χ0) is 20.0. The average molecular weight is 383 g/mol. The molecule has 0 N–H and O–H groups in total. The predicted octanol–water partition coefficient (Wildman–Crippen LogP) is 5.23. The van der Waals surface area contributed by atoms with Gasteiger partial charge in [0.2, 0.25) is 5.91 Å². The lowest BCUT2D eigenvalue weighted by Crippen LogP contribution is -2.56. The van der Waals surface area contributed by atoms with Crippen LogP contribution in [-0.4, -0.2) is 28.9 Å². The second kappa shape index (κ2) is 6.84. The van der Waals surface area contributed by atoms with Crippen molar-refractivity contribution < 1.29 is 4.79 Å². The van der Waals surface area contributed by atoms with Crippen LogP contribution < -0.4 is 0 Å². The van der Waals surface area contributed by atoms with Gasteiger partial charge in [0, 0.05) is 48.3 Å². The van der Waals surface area contributed by atoms with Crippen LogP contribution in [-0.2, 0) is 16.6 Å². The van der Waals surface area contributed by atoms with Gasteiger partial charge in [-0.1, -0.05) is 61.5 Å². The molecule has 1 amide bonds. The number of carbonyl (C=O) groups is 1. The molecule has 2 aliphatic rings. The SMILES string of the molecule is CN1C(=O)CC[C@]2(C)c3ccc(/C=C/c4cncc5ccccc45)cc3CC[C@@H]12. The molecule has 0 saturated carbocycles. The van der Waals surface area contributed by atoms with Gasteiger partial charge in [-0.3, -0.25) is 9.78 Å². The molecule has 0 bridgehead atoms. The number of likely N-dealkylation sites (tertiary alicyclic amines) is 1. The molecule has 3 nitrogen and oxygen atoms in total. The summed E-state index contributed by atoms with van der Waals surface area (Å²) in [6, 6.07) is 15.5. The molecule has 2 atom stereocenters. The van der Waals surface area contributed by atoms with Gasteiger partial charge in [-0.05, 0) is 41.3 Å². The molecule has 146 valence electrons. The first-order chi connectivity index (χ1) is 14.1. The summed E-state index contributed by atoms with van der Waals surface area (Å²) >= 11 is 0. The van der Waals surface area contributed by atoms with Gasteiger partial charge in [-0.2, -0.15) is 0 Å². The maximum atomic E-state index is 12.2. The average Bonchev–Trinajstić information content (AvgIpc) is 2.75. The van der Waals surface area contributed by atoms with Gasteiger partial charge in [0.25, 0.3) is 0 Å². The normalized spacial score (nSPS) is 24.0. The first-order valence-electron chi connectivity index (χ1n) is 10.5. The quantitative estimate of drug-likeness (QED) is 0.608. The van der Waals surface area contributed by atoms with Crippen molar-refractivity contribution in [1.29, 1.82) is 0 Å². The van der Waals surface area contributed by atoms with E-state index in [2.05, 4.69) is 60.5 Å². The lowest BCUT2D eigenvalue weighted by molar-refractivity contribution is -0.138. The van der Waals surface area contributed by atoms with Gasteiger partial charge in [-0.15, -0.1) is 0 Å². The number of carbonyl (C=O) groups excluding carboxylic acids is 1. The van der Waals surface area contributed by atoms with Crippen LogP contribution in [0.5, 0.6) is 0 Å².